The molecule has 0 spiro atoms. The Morgan fingerprint density at radius 2 is 2.05 bits per heavy atom. The Morgan fingerprint density at radius 3 is 2.68 bits per heavy atom. The Morgan fingerprint density at radius 1 is 1.32 bits per heavy atom. The maximum atomic E-state index is 5.99. The zero-order valence-corrected chi connectivity index (χ0v) is 13.1. The first kappa shape index (κ1) is 14.4. The molecule has 0 saturated heterocycles. The van der Waals surface area contributed by atoms with Crippen LogP contribution in [0.5, 0.6) is 0 Å². The second-order valence-electron chi connectivity index (χ2n) is 4.95. The van der Waals surface area contributed by atoms with Crippen LogP contribution >= 0.6 is 22.9 Å². The number of thiophene rings is 1. The van der Waals surface area contributed by atoms with Crippen molar-refractivity contribution in [2.75, 3.05) is 19.4 Å². The average molecular weight is 295 g/mol. The number of para-hydroxylation sites is 1. The molecule has 1 unspecified atom stereocenters. The van der Waals surface area contributed by atoms with Crippen molar-refractivity contribution in [1.29, 1.82) is 0 Å². The van der Waals surface area contributed by atoms with Gasteiger partial charge in [-0.05, 0) is 49.7 Å². The summed E-state index contributed by atoms with van der Waals surface area (Å²) >= 11 is 7.57. The van der Waals surface area contributed by atoms with E-state index >= 15 is 0 Å². The number of hydrogen-bond acceptors (Lipinski definition) is 3. The Balaban J connectivity index is 2.14. The average Bonchev–Trinajstić information content (AvgIpc) is 2.78. The van der Waals surface area contributed by atoms with E-state index < -0.39 is 0 Å². The minimum absolute atomic E-state index is 0.257. The van der Waals surface area contributed by atoms with Crippen LogP contribution in [0.3, 0.4) is 0 Å². The van der Waals surface area contributed by atoms with Gasteiger partial charge in [0.25, 0.3) is 0 Å². The lowest BCUT2D eigenvalue weighted by atomic mass is 10.1. The lowest BCUT2D eigenvalue weighted by molar-refractivity contribution is 0.403. The first-order valence-corrected chi connectivity index (χ1v) is 7.55. The molecule has 102 valence electrons. The molecule has 0 amide bonds. The molecule has 2 aromatic rings. The van der Waals surface area contributed by atoms with Gasteiger partial charge in [0.2, 0.25) is 0 Å². The topological polar surface area (TPSA) is 15.3 Å². The van der Waals surface area contributed by atoms with Crippen molar-refractivity contribution in [2.24, 2.45) is 0 Å². The number of nitrogens with one attached hydrogen (secondary N) is 1. The number of hydrogen-bond donors (Lipinski definition) is 1. The number of nitrogens with zero attached hydrogens (tertiary/aromatic N) is 1. The van der Waals surface area contributed by atoms with Gasteiger partial charge in [-0.25, -0.2) is 0 Å². The van der Waals surface area contributed by atoms with Crippen LogP contribution in [0.15, 0.2) is 35.7 Å². The first-order valence-electron chi connectivity index (χ1n) is 6.29. The van der Waals surface area contributed by atoms with E-state index in [1.807, 2.05) is 6.07 Å². The molecule has 19 heavy (non-hydrogen) atoms. The predicted molar refractivity (Wildman–Crippen MR) is 85.2 cm³/mol. The minimum atomic E-state index is 0.257. The third-order valence-electron chi connectivity index (χ3n) is 2.96. The van der Waals surface area contributed by atoms with Crippen molar-refractivity contribution in [3.8, 4) is 0 Å². The molecule has 1 N–H and O–H groups in total. The zero-order chi connectivity index (χ0) is 13.8. The molecular formula is C15H19ClN2S. The molecule has 0 aliphatic rings. The summed E-state index contributed by atoms with van der Waals surface area (Å²) in [6.45, 7) is 3.09. The van der Waals surface area contributed by atoms with Gasteiger partial charge in [-0.15, -0.1) is 11.3 Å². The number of rotatable bonds is 5. The fourth-order valence-corrected chi connectivity index (χ4v) is 2.99. The molecule has 0 bridgehead atoms. The zero-order valence-electron chi connectivity index (χ0n) is 11.5. The molecule has 2 rings (SSSR count). The highest BCUT2D eigenvalue weighted by Gasteiger charge is 2.10. The van der Waals surface area contributed by atoms with Crippen LogP contribution in [-0.2, 0) is 6.54 Å². The SMILES string of the molecule is CC(Nc1ccccc1CN(C)C)c1csc(Cl)c1. The molecule has 1 atom stereocenters. The first-order chi connectivity index (χ1) is 9.06. The third kappa shape index (κ3) is 3.96. The Labute approximate surface area is 124 Å². The van der Waals surface area contributed by atoms with Crippen molar-refractivity contribution in [1.82, 2.24) is 4.90 Å². The van der Waals surface area contributed by atoms with Crippen LogP contribution in [0, 0.1) is 0 Å². The third-order valence-corrected chi connectivity index (χ3v) is 4.07. The van der Waals surface area contributed by atoms with Crippen LogP contribution in [0.25, 0.3) is 0 Å². The summed E-state index contributed by atoms with van der Waals surface area (Å²) in [6, 6.07) is 10.7. The Hall–Kier alpha value is -1.03. The molecule has 0 saturated carbocycles. The van der Waals surface area contributed by atoms with Crippen molar-refractivity contribution in [2.45, 2.75) is 19.5 Å². The van der Waals surface area contributed by atoms with E-state index in [1.165, 1.54) is 16.8 Å². The predicted octanol–water partition coefficient (Wildman–Crippen LogP) is 4.64. The highest BCUT2D eigenvalue weighted by atomic mass is 35.5. The summed E-state index contributed by atoms with van der Waals surface area (Å²) in [5.74, 6) is 0. The van der Waals surface area contributed by atoms with Gasteiger partial charge >= 0.3 is 0 Å². The van der Waals surface area contributed by atoms with Gasteiger partial charge in [-0.2, -0.15) is 0 Å². The van der Waals surface area contributed by atoms with Gasteiger partial charge in [0.1, 0.15) is 0 Å². The van der Waals surface area contributed by atoms with Crippen LogP contribution in [0.4, 0.5) is 5.69 Å². The molecule has 1 aromatic carbocycles. The summed E-state index contributed by atoms with van der Waals surface area (Å²) in [4.78, 5) is 2.17. The van der Waals surface area contributed by atoms with Crippen molar-refractivity contribution < 1.29 is 0 Å². The number of anilines is 1. The van der Waals surface area contributed by atoms with Crippen LogP contribution in [0.2, 0.25) is 4.34 Å². The molecule has 1 heterocycles. The second-order valence-corrected chi connectivity index (χ2v) is 6.49. The van der Waals surface area contributed by atoms with Gasteiger partial charge in [0.15, 0.2) is 0 Å². The highest BCUT2D eigenvalue weighted by Crippen LogP contribution is 2.28. The van der Waals surface area contributed by atoms with Gasteiger partial charge < -0.3 is 10.2 Å². The fourth-order valence-electron chi connectivity index (χ4n) is 2.01. The van der Waals surface area contributed by atoms with E-state index in [0.29, 0.717) is 0 Å². The second kappa shape index (κ2) is 6.42. The molecule has 0 fully saturated rings. The summed E-state index contributed by atoms with van der Waals surface area (Å²) < 4.78 is 0.838. The van der Waals surface area contributed by atoms with Gasteiger partial charge in [-0.3, -0.25) is 0 Å². The Bertz CT molecular complexity index is 536. The Kier molecular flexibility index (Phi) is 4.86. The van der Waals surface area contributed by atoms with Crippen molar-refractivity contribution >= 4 is 28.6 Å². The van der Waals surface area contributed by atoms with Gasteiger partial charge in [0.05, 0.1) is 4.34 Å². The summed E-state index contributed by atoms with van der Waals surface area (Å²) in [5, 5.41) is 5.67. The summed E-state index contributed by atoms with van der Waals surface area (Å²) in [6.07, 6.45) is 0. The van der Waals surface area contributed by atoms with Crippen molar-refractivity contribution in [3.05, 3.63) is 51.2 Å². The van der Waals surface area contributed by atoms with E-state index in [2.05, 4.69) is 60.9 Å². The van der Waals surface area contributed by atoms with Crippen LogP contribution < -0.4 is 5.32 Å². The lowest BCUT2D eigenvalue weighted by Crippen LogP contribution is -2.14. The molecule has 1 aromatic heterocycles. The standard InChI is InChI=1S/C15H19ClN2S/c1-11(13-8-15(16)19-10-13)17-14-7-5-4-6-12(14)9-18(2)3/h4-8,10-11,17H,9H2,1-3H3. The monoisotopic (exact) mass is 294 g/mol. The van der Waals surface area contributed by atoms with Gasteiger partial charge in [0, 0.05) is 18.3 Å². The van der Waals surface area contributed by atoms with E-state index in [1.54, 1.807) is 11.3 Å². The highest BCUT2D eigenvalue weighted by molar-refractivity contribution is 7.14. The molecule has 0 radical (unpaired) electrons. The maximum absolute atomic E-state index is 5.99. The summed E-state index contributed by atoms with van der Waals surface area (Å²) in [5.41, 5.74) is 3.72. The largest absolute Gasteiger partial charge is 0.378 e. The van der Waals surface area contributed by atoms with Gasteiger partial charge in [-0.1, -0.05) is 29.8 Å². The molecule has 0 aliphatic heterocycles. The van der Waals surface area contributed by atoms with Crippen LogP contribution in [-0.4, -0.2) is 19.0 Å². The molecule has 4 heteroatoms. The van der Waals surface area contributed by atoms with Crippen molar-refractivity contribution in [3.63, 3.8) is 0 Å². The van der Waals surface area contributed by atoms with Crippen LogP contribution in [0.1, 0.15) is 24.1 Å². The summed E-state index contributed by atoms with van der Waals surface area (Å²) in [7, 11) is 4.16. The smallest absolute Gasteiger partial charge is 0.0931 e. The fraction of sp³-hybridized carbons (Fsp3) is 0.333. The van der Waals surface area contributed by atoms with E-state index in [4.69, 9.17) is 11.6 Å². The minimum Gasteiger partial charge on any atom is -0.378 e. The molecular weight excluding hydrogens is 276 g/mol. The number of benzene rings is 1. The van der Waals surface area contributed by atoms with E-state index in [0.717, 1.165) is 10.9 Å². The normalized spacial score (nSPS) is 12.7. The number of halogens is 1. The van der Waals surface area contributed by atoms with E-state index in [9.17, 15) is 0 Å². The molecule has 2 nitrogen and oxygen atoms in total. The quantitative estimate of drug-likeness (QED) is 0.864. The van der Waals surface area contributed by atoms with E-state index in [-0.39, 0.29) is 6.04 Å². The maximum Gasteiger partial charge on any atom is 0.0931 e. The molecule has 0 aliphatic carbocycles. The lowest BCUT2D eigenvalue weighted by Gasteiger charge is -2.19.